The predicted molar refractivity (Wildman–Crippen MR) is 128 cm³/mol. The van der Waals surface area contributed by atoms with Crippen LogP contribution >= 0.6 is 11.3 Å². The number of fused-ring (bicyclic) bond motifs is 2. The number of thiazole rings is 1. The largest absolute Gasteiger partial charge is 0.308 e. The van der Waals surface area contributed by atoms with Crippen LogP contribution in [0.2, 0.25) is 0 Å². The number of hydrogen-bond acceptors (Lipinski definition) is 4. The van der Waals surface area contributed by atoms with Gasteiger partial charge in [0.2, 0.25) is 5.91 Å². The Morgan fingerprint density at radius 2 is 1.73 bits per heavy atom. The van der Waals surface area contributed by atoms with Gasteiger partial charge in [-0.3, -0.25) is 9.69 Å². The summed E-state index contributed by atoms with van der Waals surface area (Å²) < 4.78 is 1.13. The molecule has 4 aromatic rings. The number of anilines is 1. The molecule has 0 saturated carbocycles. The summed E-state index contributed by atoms with van der Waals surface area (Å²) in [5.74, 6) is 0.0848. The highest BCUT2D eigenvalue weighted by Crippen LogP contribution is 2.32. The number of rotatable bonds is 6. The van der Waals surface area contributed by atoms with Crippen molar-refractivity contribution in [3.05, 3.63) is 71.3 Å². The fourth-order valence-corrected chi connectivity index (χ4v) is 4.73. The summed E-state index contributed by atoms with van der Waals surface area (Å²) in [6.07, 6.45) is 0.364. The highest BCUT2D eigenvalue weighted by atomic mass is 32.1. The van der Waals surface area contributed by atoms with Crippen molar-refractivity contribution in [3.8, 4) is 0 Å². The van der Waals surface area contributed by atoms with Crippen molar-refractivity contribution in [2.45, 2.75) is 20.3 Å². The van der Waals surface area contributed by atoms with Gasteiger partial charge in [-0.15, -0.1) is 0 Å². The van der Waals surface area contributed by atoms with E-state index in [9.17, 15) is 4.79 Å². The van der Waals surface area contributed by atoms with Crippen molar-refractivity contribution in [1.82, 2.24) is 9.88 Å². The zero-order valence-corrected chi connectivity index (χ0v) is 18.8. The molecular formula is C25H27N3OS. The van der Waals surface area contributed by atoms with Gasteiger partial charge in [-0.05, 0) is 61.5 Å². The molecule has 4 rings (SSSR count). The van der Waals surface area contributed by atoms with E-state index >= 15 is 0 Å². The van der Waals surface area contributed by atoms with Crippen LogP contribution < -0.4 is 4.90 Å². The van der Waals surface area contributed by atoms with E-state index in [-0.39, 0.29) is 5.91 Å². The zero-order valence-electron chi connectivity index (χ0n) is 18.0. The first-order chi connectivity index (χ1) is 14.4. The molecule has 0 N–H and O–H groups in total. The lowest BCUT2D eigenvalue weighted by Crippen LogP contribution is -2.37. The Balaban J connectivity index is 1.70. The van der Waals surface area contributed by atoms with Crippen molar-refractivity contribution in [1.29, 1.82) is 0 Å². The number of carbonyl (C=O) groups is 1. The first-order valence-corrected chi connectivity index (χ1v) is 11.0. The van der Waals surface area contributed by atoms with Gasteiger partial charge < -0.3 is 4.90 Å². The van der Waals surface area contributed by atoms with Crippen molar-refractivity contribution in [3.63, 3.8) is 0 Å². The van der Waals surface area contributed by atoms with Gasteiger partial charge in [0.05, 0.1) is 16.6 Å². The average Bonchev–Trinajstić information content (AvgIpc) is 3.16. The standard InChI is InChI=1S/C25H27N3OS/c1-17-12-13-22-24(18(17)2)26-25(30-22)28(15-14-27(3)4)23(29)16-20-10-7-9-19-8-5-6-11-21(19)20/h5-13H,14-16H2,1-4H3. The molecule has 30 heavy (non-hydrogen) atoms. The number of carbonyl (C=O) groups excluding carboxylic acids is 1. The Morgan fingerprint density at radius 3 is 2.53 bits per heavy atom. The third kappa shape index (κ3) is 4.09. The summed E-state index contributed by atoms with van der Waals surface area (Å²) >= 11 is 1.60. The van der Waals surface area contributed by atoms with E-state index in [0.717, 1.165) is 38.2 Å². The van der Waals surface area contributed by atoms with E-state index in [1.165, 1.54) is 11.1 Å². The van der Waals surface area contributed by atoms with Crippen LogP contribution in [0, 0.1) is 13.8 Å². The molecule has 154 valence electrons. The van der Waals surface area contributed by atoms with Crippen LogP contribution in [0.4, 0.5) is 5.13 Å². The van der Waals surface area contributed by atoms with Gasteiger partial charge in [0.1, 0.15) is 0 Å². The summed E-state index contributed by atoms with van der Waals surface area (Å²) in [6, 6.07) is 18.6. The van der Waals surface area contributed by atoms with Crippen LogP contribution in [0.3, 0.4) is 0 Å². The molecule has 1 aromatic heterocycles. The molecule has 5 heteroatoms. The number of aromatic nitrogens is 1. The third-order valence-corrected chi connectivity index (χ3v) is 6.64. The van der Waals surface area contributed by atoms with Crippen LogP contribution in [0.15, 0.2) is 54.6 Å². The SMILES string of the molecule is Cc1ccc2sc(N(CCN(C)C)C(=O)Cc3cccc4ccccc34)nc2c1C. The molecule has 0 fully saturated rings. The van der Waals surface area contributed by atoms with Gasteiger partial charge in [-0.2, -0.15) is 0 Å². The first-order valence-electron chi connectivity index (χ1n) is 10.2. The maximum Gasteiger partial charge on any atom is 0.233 e. The molecule has 0 atom stereocenters. The first kappa shape index (κ1) is 20.5. The molecule has 1 heterocycles. The average molecular weight is 418 g/mol. The van der Waals surface area contributed by atoms with Crippen LogP contribution in [0.25, 0.3) is 21.0 Å². The van der Waals surface area contributed by atoms with E-state index < -0.39 is 0 Å². The molecule has 0 unspecified atom stereocenters. The molecular weight excluding hydrogens is 390 g/mol. The van der Waals surface area contributed by atoms with E-state index in [2.05, 4.69) is 55.1 Å². The van der Waals surface area contributed by atoms with Gasteiger partial charge in [-0.25, -0.2) is 4.98 Å². The molecule has 1 amide bonds. The number of benzene rings is 3. The quantitative estimate of drug-likeness (QED) is 0.432. The molecule has 3 aromatic carbocycles. The lowest BCUT2D eigenvalue weighted by molar-refractivity contribution is -0.118. The second-order valence-electron chi connectivity index (χ2n) is 8.01. The maximum atomic E-state index is 13.5. The van der Waals surface area contributed by atoms with Crippen molar-refractivity contribution < 1.29 is 4.79 Å². The number of amides is 1. The Kier molecular flexibility index (Phi) is 5.84. The maximum absolute atomic E-state index is 13.5. The molecule has 0 aliphatic heterocycles. The van der Waals surface area contributed by atoms with Gasteiger partial charge in [0.15, 0.2) is 5.13 Å². The van der Waals surface area contributed by atoms with E-state index in [4.69, 9.17) is 4.98 Å². The van der Waals surface area contributed by atoms with Gasteiger partial charge >= 0.3 is 0 Å². The van der Waals surface area contributed by atoms with Crippen LogP contribution in [0.1, 0.15) is 16.7 Å². The summed E-state index contributed by atoms with van der Waals surface area (Å²) in [6.45, 7) is 5.61. The summed E-state index contributed by atoms with van der Waals surface area (Å²) in [4.78, 5) is 22.3. The molecule has 0 bridgehead atoms. The third-order valence-electron chi connectivity index (χ3n) is 5.60. The Morgan fingerprint density at radius 1 is 0.967 bits per heavy atom. The number of hydrogen-bond donors (Lipinski definition) is 0. The predicted octanol–water partition coefficient (Wildman–Crippen LogP) is 5.20. The number of aryl methyl sites for hydroxylation is 2. The smallest absolute Gasteiger partial charge is 0.233 e. The van der Waals surface area contributed by atoms with Gasteiger partial charge in [-0.1, -0.05) is 59.9 Å². The Labute approximate surface area is 181 Å². The topological polar surface area (TPSA) is 36.4 Å². The van der Waals surface area contributed by atoms with Gasteiger partial charge in [0.25, 0.3) is 0 Å². The molecule has 0 aliphatic carbocycles. The Bertz CT molecular complexity index is 1210. The lowest BCUT2D eigenvalue weighted by atomic mass is 10.0. The second kappa shape index (κ2) is 8.54. The number of likely N-dealkylation sites (N-methyl/N-ethyl adjacent to an activating group) is 1. The van der Waals surface area contributed by atoms with Crippen molar-refractivity contribution in [2.24, 2.45) is 0 Å². The molecule has 0 radical (unpaired) electrons. The number of nitrogens with zero attached hydrogens (tertiary/aromatic N) is 3. The summed E-state index contributed by atoms with van der Waals surface area (Å²) in [7, 11) is 4.05. The van der Waals surface area contributed by atoms with Crippen molar-refractivity contribution in [2.75, 3.05) is 32.1 Å². The van der Waals surface area contributed by atoms with Crippen LogP contribution in [-0.2, 0) is 11.2 Å². The zero-order chi connectivity index (χ0) is 21.3. The summed E-state index contributed by atoms with van der Waals surface area (Å²) in [5.41, 5.74) is 4.47. The van der Waals surface area contributed by atoms with E-state index in [1.54, 1.807) is 11.3 Å². The minimum atomic E-state index is 0.0848. The minimum Gasteiger partial charge on any atom is -0.308 e. The lowest BCUT2D eigenvalue weighted by Gasteiger charge is -2.22. The molecule has 4 nitrogen and oxygen atoms in total. The molecule has 0 saturated heterocycles. The van der Waals surface area contributed by atoms with E-state index in [1.807, 2.05) is 37.2 Å². The molecule has 0 aliphatic rings. The highest BCUT2D eigenvalue weighted by Gasteiger charge is 2.21. The molecule has 0 spiro atoms. The normalized spacial score (nSPS) is 11.5. The fourth-order valence-electron chi connectivity index (χ4n) is 3.66. The fraction of sp³-hybridized carbons (Fsp3) is 0.280. The Hall–Kier alpha value is -2.76. The van der Waals surface area contributed by atoms with Crippen molar-refractivity contribution >= 4 is 43.4 Å². The van der Waals surface area contributed by atoms with Gasteiger partial charge in [0, 0.05) is 13.1 Å². The summed E-state index contributed by atoms with van der Waals surface area (Å²) in [5, 5.41) is 3.08. The van der Waals surface area contributed by atoms with Crippen LogP contribution in [-0.4, -0.2) is 43.0 Å². The van der Waals surface area contributed by atoms with E-state index in [0.29, 0.717) is 13.0 Å². The highest BCUT2D eigenvalue weighted by molar-refractivity contribution is 7.22. The monoisotopic (exact) mass is 417 g/mol. The second-order valence-corrected chi connectivity index (χ2v) is 9.02. The minimum absolute atomic E-state index is 0.0848. The van der Waals surface area contributed by atoms with Crippen LogP contribution in [0.5, 0.6) is 0 Å².